The van der Waals surface area contributed by atoms with Crippen LogP contribution in [-0.2, 0) is 4.79 Å². The second kappa shape index (κ2) is 8.66. The number of amides is 1. The summed E-state index contributed by atoms with van der Waals surface area (Å²) in [6.07, 6.45) is 1.86. The van der Waals surface area contributed by atoms with E-state index >= 15 is 0 Å². The van der Waals surface area contributed by atoms with E-state index in [2.05, 4.69) is 52.5 Å². The number of piperidine rings is 1. The molecule has 1 N–H and O–H groups in total. The fraction of sp³-hybridized carbons (Fsp3) is 0.320. The van der Waals surface area contributed by atoms with E-state index in [4.69, 9.17) is 0 Å². The zero-order valence-corrected chi connectivity index (χ0v) is 17.9. The molecule has 1 atom stereocenters. The van der Waals surface area contributed by atoms with Gasteiger partial charge in [0, 0.05) is 24.3 Å². The Morgan fingerprint density at radius 2 is 1.83 bits per heavy atom. The molecule has 3 aromatic rings. The van der Waals surface area contributed by atoms with Crippen LogP contribution in [0.4, 0.5) is 11.5 Å². The maximum absolute atomic E-state index is 12.9. The van der Waals surface area contributed by atoms with Crippen LogP contribution in [0, 0.1) is 26.7 Å². The molecule has 154 valence electrons. The summed E-state index contributed by atoms with van der Waals surface area (Å²) in [5.74, 6) is 0.851. The summed E-state index contributed by atoms with van der Waals surface area (Å²) >= 11 is 0. The van der Waals surface area contributed by atoms with Gasteiger partial charge in [0.2, 0.25) is 5.91 Å². The smallest absolute Gasteiger partial charge is 0.229 e. The Morgan fingerprint density at radius 3 is 2.57 bits per heavy atom. The van der Waals surface area contributed by atoms with E-state index in [-0.39, 0.29) is 11.8 Å². The number of anilines is 2. The first-order valence-electron chi connectivity index (χ1n) is 10.5. The van der Waals surface area contributed by atoms with E-state index in [1.54, 1.807) is 0 Å². The monoisotopic (exact) mass is 400 g/mol. The third kappa shape index (κ3) is 4.51. The lowest BCUT2D eigenvalue weighted by molar-refractivity contribution is -0.120. The van der Waals surface area contributed by atoms with Crippen molar-refractivity contribution >= 4 is 17.4 Å². The Labute approximate surface area is 178 Å². The van der Waals surface area contributed by atoms with Crippen LogP contribution in [0.1, 0.15) is 29.5 Å². The topological polar surface area (TPSA) is 58.1 Å². The van der Waals surface area contributed by atoms with Crippen LogP contribution < -0.4 is 10.2 Å². The second-order valence-electron chi connectivity index (χ2n) is 8.24. The number of hydrogen-bond donors (Lipinski definition) is 1. The Bertz CT molecular complexity index is 1050. The van der Waals surface area contributed by atoms with Crippen LogP contribution >= 0.6 is 0 Å². The molecule has 1 amide bonds. The van der Waals surface area contributed by atoms with Crippen molar-refractivity contribution in [2.75, 3.05) is 23.3 Å². The molecule has 5 heteroatoms. The normalized spacial score (nSPS) is 16.4. The Morgan fingerprint density at radius 1 is 1.00 bits per heavy atom. The third-order valence-corrected chi connectivity index (χ3v) is 5.72. The highest BCUT2D eigenvalue weighted by Gasteiger charge is 2.27. The molecule has 2 aromatic carbocycles. The van der Waals surface area contributed by atoms with Gasteiger partial charge in [-0.1, -0.05) is 41.5 Å². The Hall–Kier alpha value is -3.21. The number of hydrogen-bond acceptors (Lipinski definition) is 4. The third-order valence-electron chi connectivity index (χ3n) is 5.72. The summed E-state index contributed by atoms with van der Waals surface area (Å²) in [7, 11) is 0. The van der Waals surface area contributed by atoms with E-state index in [1.807, 2.05) is 43.3 Å². The number of rotatable bonds is 4. The largest absolute Gasteiger partial charge is 0.354 e. The lowest BCUT2D eigenvalue weighted by atomic mass is 9.96. The summed E-state index contributed by atoms with van der Waals surface area (Å²) in [6.45, 7) is 7.72. The molecule has 1 unspecified atom stereocenters. The van der Waals surface area contributed by atoms with Gasteiger partial charge in [-0.2, -0.15) is 0 Å². The first-order valence-corrected chi connectivity index (χ1v) is 10.5. The molecule has 1 fully saturated rings. The van der Waals surface area contributed by atoms with Crippen molar-refractivity contribution in [3.63, 3.8) is 0 Å². The number of nitrogens with one attached hydrogen (secondary N) is 1. The number of aryl methyl sites for hydroxylation is 3. The van der Waals surface area contributed by atoms with Crippen molar-refractivity contribution in [2.45, 2.75) is 33.6 Å². The summed E-state index contributed by atoms with van der Waals surface area (Å²) in [4.78, 5) is 15.0. The number of carbonyl (C=O) groups is 1. The van der Waals surface area contributed by atoms with Gasteiger partial charge in [-0.15, -0.1) is 10.2 Å². The Kier molecular flexibility index (Phi) is 5.79. The van der Waals surface area contributed by atoms with Crippen LogP contribution in [0.25, 0.3) is 11.3 Å². The highest BCUT2D eigenvalue weighted by molar-refractivity contribution is 5.93. The van der Waals surface area contributed by atoms with Gasteiger partial charge in [-0.25, -0.2) is 0 Å². The molecule has 5 nitrogen and oxygen atoms in total. The van der Waals surface area contributed by atoms with Crippen molar-refractivity contribution < 1.29 is 4.79 Å². The van der Waals surface area contributed by atoms with Crippen LogP contribution in [0.3, 0.4) is 0 Å². The Balaban J connectivity index is 1.44. The van der Waals surface area contributed by atoms with E-state index in [0.717, 1.165) is 47.7 Å². The molecule has 1 saturated heterocycles. The fourth-order valence-corrected chi connectivity index (χ4v) is 4.04. The molecule has 0 saturated carbocycles. The van der Waals surface area contributed by atoms with Crippen LogP contribution in [0.5, 0.6) is 0 Å². The van der Waals surface area contributed by atoms with Gasteiger partial charge in [0.1, 0.15) is 0 Å². The van der Waals surface area contributed by atoms with Gasteiger partial charge in [0.05, 0.1) is 11.6 Å². The van der Waals surface area contributed by atoms with Gasteiger partial charge in [-0.05, 0) is 63.4 Å². The predicted octanol–water partition coefficient (Wildman–Crippen LogP) is 4.92. The summed E-state index contributed by atoms with van der Waals surface area (Å²) in [5, 5.41) is 12.0. The highest BCUT2D eigenvalue weighted by Crippen LogP contribution is 2.25. The van der Waals surface area contributed by atoms with Crippen molar-refractivity contribution in [1.29, 1.82) is 0 Å². The van der Waals surface area contributed by atoms with Gasteiger partial charge in [-0.3, -0.25) is 4.79 Å². The summed E-state index contributed by atoms with van der Waals surface area (Å²) < 4.78 is 0. The summed E-state index contributed by atoms with van der Waals surface area (Å²) in [6, 6.07) is 18.4. The molecule has 4 rings (SSSR count). The first kappa shape index (κ1) is 20.1. The van der Waals surface area contributed by atoms with E-state index in [0.29, 0.717) is 6.54 Å². The average molecular weight is 401 g/mol. The minimum absolute atomic E-state index is 0.0577. The minimum atomic E-state index is -0.0577. The van der Waals surface area contributed by atoms with Crippen molar-refractivity contribution in [1.82, 2.24) is 10.2 Å². The SMILES string of the molecule is Cc1cccc(-c2ccc(N3CCCC(C(=O)Nc4ccc(C)cc4C)C3)nn2)c1. The standard InChI is InChI=1S/C25H28N4O/c1-17-6-4-7-20(15-17)23-11-12-24(28-27-23)29-13-5-8-21(16-29)25(30)26-22-10-9-18(2)14-19(22)3/h4,6-7,9-12,14-15,21H,5,8,13,16H2,1-3H3,(H,26,30). The number of carbonyl (C=O) groups excluding carboxylic acids is 1. The molecule has 0 radical (unpaired) electrons. The predicted molar refractivity (Wildman–Crippen MR) is 122 cm³/mol. The lowest BCUT2D eigenvalue weighted by Gasteiger charge is -2.32. The van der Waals surface area contributed by atoms with E-state index in [1.165, 1.54) is 11.1 Å². The zero-order chi connectivity index (χ0) is 21.1. The summed E-state index contributed by atoms with van der Waals surface area (Å²) in [5.41, 5.74) is 6.31. The average Bonchev–Trinajstić information content (AvgIpc) is 2.76. The first-order chi connectivity index (χ1) is 14.5. The highest BCUT2D eigenvalue weighted by atomic mass is 16.1. The van der Waals surface area contributed by atoms with Crippen molar-refractivity contribution in [2.24, 2.45) is 5.92 Å². The second-order valence-corrected chi connectivity index (χ2v) is 8.24. The molecule has 2 heterocycles. The molecule has 0 spiro atoms. The zero-order valence-electron chi connectivity index (χ0n) is 17.9. The lowest BCUT2D eigenvalue weighted by Crippen LogP contribution is -2.41. The molecular weight excluding hydrogens is 372 g/mol. The van der Waals surface area contributed by atoms with Crippen molar-refractivity contribution in [3.8, 4) is 11.3 Å². The quantitative estimate of drug-likeness (QED) is 0.675. The van der Waals surface area contributed by atoms with Crippen LogP contribution in [0.2, 0.25) is 0 Å². The van der Waals surface area contributed by atoms with Gasteiger partial charge in [0.15, 0.2) is 5.82 Å². The molecule has 0 bridgehead atoms. The van der Waals surface area contributed by atoms with Gasteiger partial charge < -0.3 is 10.2 Å². The van der Waals surface area contributed by atoms with E-state index in [9.17, 15) is 4.79 Å². The van der Waals surface area contributed by atoms with Gasteiger partial charge >= 0.3 is 0 Å². The molecular formula is C25H28N4O. The van der Waals surface area contributed by atoms with Gasteiger partial charge in [0.25, 0.3) is 0 Å². The molecule has 1 aliphatic rings. The molecule has 1 aliphatic heterocycles. The van der Waals surface area contributed by atoms with Crippen molar-refractivity contribution in [3.05, 3.63) is 71.3 Å². The van der Waals surface area contributed by atoms with Crippen LogP contribution in [-0.4, -0.2) is 29.2 Å². The number of benzene rings is 2. The fourth-order valence-electron chi connectivity index (χ4n) is 4.04. The molecule has 0 aliphatic carbocycles. The molecule has 30 heavy (non-hydrogen) atoms. The van der Waals surface area contributed by atoms with E-state index < -0.39 is 0 Å². The number of nitrogens with zero attached hydrogens (tertiary/aromatic N) is 3. The minimum Gasteiger partial charge on any atom is -0.354 e. The maximum Gasteiger partial charge on any atom is 0.229 e. The number of aromatic nitrogens is 2. The molecule has 1 aromatic heterocycles. The maximum atomic E-state index is 12.9. The van der Waals surface area contributed by atoms with Crippen LogP contribution in [0.15, 0.2) is 54.6 Å².